The van der Waals surface area contributed by atoms with E-state index in [2.05, 4.69) is 4.74 Å². The Morgan fingerprint density at radius 2 is 1.33 bits per heavy atom. The van der Waals surface area contributed by atoms with E-state index in [0.717, 1.165) is 11.1 Å². The first-order chi connectivity index (χ1) is 10.1. The molecule has 0 unspecified atom stereocenters. The lowest BCUT2D eigenvalue weighted by Gasteiger charge is -2.04. The molecule has 3 nitrogen and oxygen atoms in total. The van der Waals surface area contributed by atoms with Gasteiger partial charge in [0.15, 0.2) is 0 Å². The number of benzene rings is 2. The van der Waals surface area contributed by atoms with Crippen LogP contribution in [0.15, 0.2) is 48.5 Å². The third kappa shape index (κ3) is 4.28. The number of esters is 1. The molecule has 0 saturated heterocycles. The van der Waals surface area contributed by atoms with Gasteiger partial charge in [0.1, 0.15) is 5.78 Å². The largest absolute Gasteiger partial charge is 0.465 e. The van der Waals surface area contributed by atoms with E-state index in [0.29, 0.717) is 18.4 Å². The van der Waals surface area contributed by atoms with Crippen molar-refractivity contribution in [2.45, 2.75) is 19.8 Å². The molecule has 0 atom stereocenters. The summed E-state index contributed by atoms with van der Waals surface area (Å²) >= 11 is 0. The molecule has 0 saturated carbocycles. The summed E-state index contributed by atoms with van der Waals surface area (Å²) in [4.78, 5) is 23.4. The van der Waals surface area contributed by atoms with Crippen molar-refractivity contribution in [2.24, 2.45) is 0 Å². The maximum Gasteiger partial charge on any atom is 0.337 e. The second-order valence-electron chi connectivity index (χ2n) is 5.07. The number of Topliss-reactive ketones (excluding diaryl/α,β-unsaturated/α-hetero) is 1. The Morgan fingerprint density at radius 1 is 0.857 bits per heavy atom. The van der Waals surface area contributed by atoms with E-state index in [1.165, 1.54) is 12.7 Å². The van der Waals surface area contributed by atoms with Crippen LogP contribution in [0.1, 0.15) is 27.0 Å². The fourth-order valence-electron chi connectivity index (χ4n) is 2.10. The van der Waals surface area contributed by atoms with Crippen LogP contribution in [0.2, 0.25) is 0 Å². The Hall–Kier alpha value is -2.42. The fraction of sp³-hybridized carbons (Fsp3) is 0.222. The van der Waals surface area contributed by atoms with E-state index < -0.39 is 0 Å². The first kappa shape index (κ1) is 15.0. The Bertz CT molecular complexity index is 625. The molecule has 2 aromatic rings. The van der Waals surface area contributed by atoms with Gasteiger partial charge in [0.2, 0.25) is 0 Å². The quantitative estimate of drug-likeness (QED) is 0.791. The van der Waals surface area contributed by atoms with Crippen LogP contribution in [0.4, 0.5) is 0 Å². The third-order valence-electron chi connectivity index (χ3n) is 3.30. The highest BCUT2D eigenvalue weighted by Gasteiger charge is 2.08. The van der Waals surface area contributed by atoms with Gasteiger partial charge < -0.3 is 4.74 Å². The number of carbonyl (C=O) groups is 2. The summed E-state index contributed by atoms with van der Waals surface area (Å²) in [5.41, 5.74) is 3.60. The van der Waals surface area contributed by atoms with Crippen LogP contribution >= 0.6 is 0 Å². The number of rotatable bonds is 5. The van der Waals surface area contributed by atoms with E-state index >= 15 is 0 Å². The maximum atomic E-state index is 12.1. The average molecular weight is 282 g/mol. The lowest BCUT2D eigenvalue weighted by atomic mass is 10.0. The van der Waals surface area contributed by atoms with Crippen molar-refractivity contribution < 1.29 is 14.3 Å². The van der Waals surface area contributed by atoms with Crippen molar-refractivity contribution in [3.05, 3.63) is 70.8 Å². The summed E-state index contributed by atoms with van der Waals surface area (Å²) in [5, 5.41) is 0. The minimum Gasteiger partial charge on any atom is -0.465 e. The molecule has 0 N–H and O–H groups in total. The molecule has 0 radical (unpaired) electrons. The monoisotopic (exact) mass is 282 g/mol. The van der Waals surface area contributed by atoms with Crippen molar-refractivity contribution in [1.29, 1.82) is 0 Å². The normalized spacial score (nSPS) is 10.2. The van der Waals surface area contributed by atoms with E-state index in [-0.39, 0.29) is 11.8 Å². The lowest BCUT2D eigenvalue weighted by Crippen LogP contribution is -2.07. The van der Waals surface area contributed by atoms with E-state index in [9.17, 15) is 9.59 Å². The number of hydrogen-bond acceptors (Lipinski definition) is 3. The Balaban J connectivity index is 1.96. The predicted octanol–water partition coefficient (Wildman–Crippen LogP) is 3.14. The van der Waals surface area contributed by atoms with Gasteiger partial charge in [0.05, 0.1) is 12.7 Å². The van der Waals surface area contributed by atoms with Crippen molar-refractivity contribution in [3.63, 3.8) is 0 Å². The van der Waals surface area contributed by atoms with Gasteiger partial charge >= 0.3 is 5.97 Å². The van der Waals surface area contributed by atoms with Gasteiger partial charge in [-0.05, 0) is 30.2 Å². The summed E-state index contributed by atoms with van der Waals surface area (Å²) in [6.45, 7) is 2.02. The van der Waals surface area contributed by atoms with Gasteiger partial charge in [0.25, 0.3) is 0 Å². The van der Waals surface area contributed by atoms with Crippen molar-refractivity contribution in [1.82, 2.24) is 0 Å². The molecule has 2 rings (SSSR count). The molecular formula is C18H18O3. The molecular weight excluding hydrogens is 264 g/mol. The second kappa shape index (κ2) is 6.84. The summed E-state index contributed by atoms with van der Waals surface area (Å²) in [5.74, 6) is -0.211. The number of ketones is 1. The van der Waals surface area contributed by atoms with Crippen LogP contribution in [0, 0.1) is 6.92 Å². The molecule has 0 amide bonds. The van der Waals surface area contributed by atoms with Gasteiger partial charge in [0, 0.05) is 12.8 Å². The van der Waals surface area contributed by atoms with Crippen LogP contribution in [-0.4, -0.2) is 18.9 Å². The summed E-state index contributed by atoms with van der Waals surface area (Å²) < 4.78 is 4.64. The van der Waals surface area contributed by atoms with Crippen molar-refractivity contribution in [3.8, 4) is 0 Å². The van der Waals surface area contributed by atoms with E-state index in [1.54, 1.807) is 24.3 Å². The number of carbonyl (C=O) groups excluding carboxylic acids is 2. The first-order valence-electron chi connectivity index (χ1n) is 6.83. The van der Waals surface area contributed by atoms with Gasteiger partial charge in [-0.15, -0.1) is 0 Å². The Kier molecular flexibility index (Phi) is 4.88. The SMILES string of the molecule is COC(=O)c1ccc(CC(=O)Cc2ccc(C)cc2)cc1. The zero-order chi connectivity index (χ0) is 15.2. The van der Waals surface area contributed by atoms with Crippen LogP contribution in [0.3, 0.4) is 0 Å². The maximum absolute atomic E-state index is 12.1. The molecule has 0 spiro atoms. The van der Waals surface area contributed by atoms with E-state index in [1.807, 2.05) is 31.2 Å². The van der Waals surface area contributed by atoms with Crippen LogP contribution in [0.5, 0.6) is 0 Å². The van der Waals surface area contributed by atoms with Gasteiger partial charge in [-0.2, -0.15) is 0 Å². The topological polar surface area (TPSA) is 43.4 Å². The molecule has 2 aromatic carbocycles. The molecule has 3 heteroatoms. The zero-order valence-corrected chi connectivity index (χ0v) is 12.3. The molecule has 108 valence electrons. The molecule has 0 aliphatic carbocycles. The van der Waals surface area contributed by atoms with Gasteiger partial charge in [-0.3, -0.25) is 4.79 Å². The van der Waals surface area contributed by atoms with Crippen LogP contribution in [0.25, 0.3) is 0 Å². The molecule has 0 aliphatic heterocycles. The smallest absolute Gasteiger partial charge is 0.337 e. The first-order valence-corrected chi connectivity index (χ1v) is 6.83. The summed E-state index contributed by atoms with van der Waals surface area (Å²) in [6, 6.07) is 14.9. The Morgan fingerprint density at radius 3 is 1.81 bits per heavy atom. The molecule has 0 aliphatic rings. The fourth-order valence-corrected chi connectivity index (χ4v) is 2.10. The molecule has 0 heterocycles. The molecule has 0 fully saturated rings. The highest BCUT2D eigenvalue weighted by atomic mass is 16.5. The van der Waals surface area contributed by atoms with E-state index in [4.69, 9.17) is 0 Å². The predicted molar refractivity (Wildman–Crippen MR) is 81.4 cm³/mol. The third-order valence-corrected chi connectivity index (χ3v) is 3.30. The second-order valence-corrected chi connectivity index (χ2v) is 5.07. The standard InChI is InChI=1S/C18H18O3/c1-13-3-5-14(6-4-13)11-17(19)12-15-7-9-16(10-8-15)18(20)21-2/h3-10H,11-12H2,1-2H3. The van der Waals surface area contributed by atoms with Crippen molar-refractivity contribution in [2.75, 3.05) is 7.11 Å². The molecule has 0 bridgehead atoms. The molecule has 21 heavy (non-hydrogen) atoms. The highest BCUT2D eigenvalue weighted by Crippen LogP contribution is 2.09. The van der Waals surface area contributed by atoms with Crippen LogP contribution in [-0.2, 0) is 22.4 Å². The van der Waals surface area contributed by atoms with Crippen LogP contribution < -0.4 is 0 Å². The summed E-state index contributed by atoms with van der Waals surface area (Å²) in [6.07, 6.45) is 0.800. The zero-order valence-electron chi connectivity index (χ0n) is 12.3. The number of ether oxygens (including phenoxy) is 1. The van der Waals surface area contributed by atoms with Gasteiger partial charge in [-0.1, -0.05) is 42.0 Å². The number of methoxy groups -OCH3 is 1. The summed E-state index contributed by atoms with van der Waals surface area (Å²) in [7, 11) is 1.35. The number of aryl methyl sites for hydroxylation is 1. The highest BCUT2D eigenvalue weighted by molar-refractivity contribution is 5.89. The lowest BCUT2D eigenvalue weighted by molar-refractivity contribution is -0.117. The van der Waals surface area contributed by atoms with Crippen molar-refractivity contribution >= 4 is 11.8 Å². The molecule has 0 aromatic heterocycles. The minimum absolute atomic E-state index is 0.157. The average Bonchev–Trinajstić information content (AvgIpc) is 2.49. The Labute approximate surface area is 124 Å². The minimum atomic E-state index is -0.368. The number of hydrogen-bond donors (Lipinski definition) is 0. The van der Waals surface area contributed by atoms with Gasteiger partial charge in [-0.25, -0.2) is 4.79 Å².